The van der Waals surface area contributed by atoms with Gasteiger partial charge < -0.3 is 23.1 Å². The molecule has 0 spiro atoms. The molecule has 180 valence electrons. The van der Waals surface area contributed by atoms with Crippen LogP contribution in [0.3, 0.4) is 0 Å². The number of rotatable bonds is 10. The lowest BCUT2D eigenvalue weighted by molar-refractivity contribution is 0.395. The van der Waals surface area contributed by atoms with Crippen LogP contribution in [0.15, 0.2) is 97.1 Å². The maximum absolute atomic E-state index is 7.26. The zero-order valence-electron chi connectivity index (χ0n) is 20.4. The van der Waals surface area contributed by atoms with Crippen molar-refractivity contribution in [1.29, 1.82) is 0 Å². The smallest absolute Gasteiger partial charge is 0.232 e. The van der Waals surface area contributed by atoms with Crippen LogP contribution in [0.1, 0.15) is 0 Å². The summed E-state index contributed by atoms with van der Waals surface area (Å²) in [5.74, 6) is 3.04. The largest absolute Gasteiger partial charge is 0.497 e. The van der Waals surface area contributed by atoms with Gasteiger partial charge in [-0.25, -0.2) is 0 Å². The summed E-state index contributed by atoms with van der Waals surface area (Å²) in [5.41, 5.74) is 0. The molecule has 5 nitrogen and oxygen atoms in total. The van der Waals surface area contributed by atoms with Crippen molar-refractivity contribution in [3.8, 4) is 23.0 Å². The highest BCUT2D eigenvalue weighted by Crippen LogP contribution is 2.20. The molecular formula is C28H30O5Si2. The standard InChI is InChI=1S/C28H30O5Si2/c1-29-21-15-17-27(25(19-21)31-3)34(23-11-7-5-8-12-23)33-35(24-13-9-6-10-14-24)28-18-16-22(30-2)20-26(28)32-4/h5-20,34-35H,1-4H3. The van der Waals surface area contributed by atoms with Crippen molar-refractivity contribution in [3.63, 3.8) is 0 Å². The monoisotopic (exact) mass is 502 g/mol. The number of benzene rings is 4. The molecule has 0 fully saturated rings. The molecule has 35 heavy (non-hydrogen) atoms. The molecule has 0 saturated heterocycles. The van der Waals surface area contributed by atoms with E-state index in [0.717, 1.165) is 33.4 Å². The minimum Gasteiger partial charge on any atom is -0.497 e. The van der Waals surface area contributed by atoms with Crippen molar-refractivity contribution in [2.24, 2.45) is 0 Å². The fraction of sp³-hybridized carbons (Fsp3) is 0.143. The average Bonchev–Trinajstić information content (AvgIpc) is 2.94. The molecule has 2 unspecified atom stereocenters. The van der Waals surface area contributed by atoms with Crippen molar-refractivity contribution in [1.82, 2.24) is 0 Å². The van der Waals surface area contributed by atoms with Gasteiger partial charge in [0, 0.05) is 22.5 Å². The second kappa shape index (κ2) is 11.7. The van der Waals surface area contributed by atoms with E-state index in [9.17, 15) is 0 Å². The van der Waals surface area contributed by atoms with E-state index in [0.29, 0.717) is 0 Å². The van der Waals surface area contributed by atoms with E-state index in [1.54, 1.807) is 28.4 Å². The molecule has 0 amide bonds. The molecule has 0 aliphatic heterocycles. The number of hydrogen-bond donors (Lipinski definition) is 0. The molecule has 0 heterocycles. The first-order valence-electron chi connectivity index (χ1n) is 11.4. The Morgan fingerprint density at radius 3 is 1.20 bits per heavy atom. The molecule has 0 aromatic heterocycles. The maximum Gasteiger partial charge on any atom is 0.232 e. The highest BCUT2D eigenvalue weighted by molar-refractivity contribution is 6.92. The maximum atomic E-state index is 7.26. The van der Waals surface area contributed by atoms with Gasteiger partial charge in [0.25, 0.3) is 0 Å². The molecule has 2 atom stereocenters. The van der Waals surface area contributed by atoms with Crippen molar-refractivity contribution < 1.29 is 23.1 Å². The lowest BCUT2D eigenvalue weighted by Crippen LogP contribution is -2.56. The summed E-state index contributed by atoms with van der Waals surface area (Å²) in [4.78, 5) is 0. The Bertz CT molecular complexity index is 1140. The van der Waals surface area contributed by atoms with Gasteiger partial charge in [0.05, 0.1) is 28.4 Å². The average molecular weight is 503 g/mol. The van der Waals surface area contributed by atoms with Crippen molar-refractivity contribution in [3.05, 3.63) is 97.1 Å². The van der Waals surface area contributed by atoms with E-state index in [-0.39, 0.29) is 0 Å². The molecule has 0 aliphatic rings. The van der Waals surface area contributed by atoms with E-state index in [1.165, 1.54) is 10.4 Å². The molecule has 0 radical (unpaired) electrons. The van der Waals surface area contributed by atoms with Gasteiger partial charge in [-0.1, -0.05) is 72.8 Å². The van der Waals surface area contributed by atoms with E-state index in [4.69, 9.17) is 23.1 Å². The highest BCUT2D eigenvalue weighted by Gasteiger charge is 2.30. The summed E-state index contributed by atoms with van der Waals surface area (Å²) >= 11 is 0. The molecule has 4 aromatic rings. The summed E-state index contributed by atoms with van der Waals surface area (Å²) in [5, 5.41) is 4.49. The van der Waals surface area contributed by atoms with E-state index >= 15 is 0 Å². The molecule has 0 saturated carbocycles. The Morgan fingerprint density at radius 1 is 0.457 bits per heavy atom. The first-order chi connectivity index (χ1) is 17.2. The van der Waals surface area contributed by atoms with Gasteiger partial charge in [0.2, 0.25) is 18.1 Å². The summed E-state index contributed by atoms with van der Waals surface area (Å²) in [7, 11) is 2.31. The normalized spacial score (nSPS) is 12.5. The fourth-order valence-corrected chi connectivity index (χ4v) is 11.0. The second-order valence-electron chi connectivity index (χ2n) is 7.93. The van der Waals surface area contributed by atoms with Crippen molar-refractivity contribution >= 4 is 38.8 Å². The van der Waals surface area contributed by atoms with Crippen LogP contribution >= 0.6 is 0 Å². The van der Waals surface area contributed by atoms with Crippen LogP contribution in [0.25, 0.3) is 0 Å². The highest BCUT2D eigenvalue weighted by atomic mass is 28.4. The van der Waals surface area contributed by atoms with Gasteiger partial charge in [0.15, 0.2) is 0 Å². The Hall–Kier alpha value is -3.53. The molecule has 0 N–H and O–H groups in total. The molecule has 0 bridgehead atoms. The summed E-state index contributed by atoms with van der Waals surface area (Å²) in [6.45, 7) is 0. The predicted molar refractivity (Wildman–Crippen MR) is 146 cm³/mol. The van der Waals surface area contributed by atoms with Crippen LogP contribution in [-0.4, -0.2) is 46.5 Å². The molecular weight excluding hydrogens is 472 g/mol. The Kier molecular flexibility index (Phi) is 8.25. The minimum atomic E-state index is -2.19. The lowest BCUT2D eigenvalue weighted by Gasteiger charge is -2.27. The van der Waals surface area contributed by atoms with Gasteiger partial charge in [-0.2, -0.15) is 0 Å². The SMILES string of the molecule is COc1ccc([SiH](O[SiH](c2ccccc2)c2ccc(OC)cc2OC)c2ccccc2)c(OC)c1. The summed E-state index contributed by atoms with van der Waals surface area (Å²) in [6.07, 6.45) is 0. The van der Waals surface area contributed by atoms with Crippen LogP contribution < -0.4 is 39.7 Å². The third-order valence-corrected chi connectivity index (χ3v) is 12.2. The first kappa shape index (κ1) is 24.6. The van der Waals surface area contributed by atoms with Crippen molar-refractivity contribution in [2.45, 2.75) is 0 Å². The molecule has 4 rings (SSSR count). The van der Waals surface area contributed by atoms with Gasteiger partial charge in [-0.3, -0.25) is 0 Å². The predicted octanol–water partition coefficient (Wildman–Crippen LogP) is 2.11. The van der Waals surface area contributed by atoms with Crippen molar-refractivity contribution in [2.75, 3.05) is 28.4 Å². The lowest BCUT2D eigenvalue weighted by atomic mass is 10.3. The quantitative estimate of drug-likeness (QED) is 0.311. The fourth-order valence-electron chi connectivity index (χ4n) is 4.12. The van der Waals surface area contributed by atoms with Gasteiger partial charge in [-0.15, -0.1) is 0 Å². The van der Waals surface area contributed by atoms with Crippen LogP contribution in [0.2, 0.25) is 0 Å². The van der Waals surface area contributed by atoms with Gasteiger partial charge in [0.1, 0.15) is 23.0 Å². The number of ether oxygens (including phenoxy) is 4. The van der Waals surface area contributed by atoms with Crippen LogP contribution in [0, 0.1) is 0 Å². The summed E-state index contributed by atoms with van der Waals surface area (Å²) in [6, 6.07) is 32.8. The Balaban J connectivity index is 1.87. The first-order valence-corrected chi connectivity index (χ1v) is 14.6. The molecule has 4 aromatic carbocycles. The van der Waals surface area contributed by atoms with Gasteiger partial charge >= 0.3 is 0 Å². The molecule has 7 heteroatoms. The van der Waals surface area contributed by atoms with E-state index in [2.05, 4.69) is 60.7 Å². The zero-order valence-corrected chi connectivity index (χ0v) is 22.7. The number of hydrogen-bond acceptors (Lipinski definition) is 5. The second-order valence-corrected chi connectivity index (χ2v) is 13.1. The Morgan fingerprint density at radius 2 is 0.857 bits per heavy atom. The van der Waals surface area contributed by atoms with Crippen LogP contribution in [-0.2, 0) is 4.12 Å². The summed E-state index contributed by atoms with van der Waals surface area (Å²) < 4.78 is 29.8. The third kappa shape index (κ3) is 5.59. The zero-order chi connectivity index (χ0) is 24.6. The van der Waals surface area contributed by atoms with E-state index in [1.807, 2.05) is 36.4 Å². The van der Waals surface area contributed by atoms with Crippen LogP contribution in [0.5, 0.6) is 23.0 Å². The topological polar surface area (TPSA) is 46.2 Å². The molecule has 0 aliphatic carbocycles. The van der Waals surface area contributed by atoms with Gasteiger partial charge in [-0.05, 0) is 22.5 Å². The minimum absolute atomic E-state index is 0.750. The van der Waals surface area contributed by atoms with Crippen LogP contribution in [0.4, 0.5) is 0 Å². The number of methoxy groups -OCH3 is 4. The third-order valence-electron chi connectivity index (χ3n) is 5.92. The van der Waals surface area contributed by atoms with E-state index < -0.39 is 18.1 Å². The Labute approximate surface area is 210 Å².